The first-order valence-electron chi connectivity index (χ1n) is 6.96. The third-order valence-electron chi connectivity index (χ3n) is 3.64. The van der Waals surface area contributed by atoms with Gasteiger partial charge in [-0.1, -0.05) is 18.5 Å². The molecular weight excluding hydrogens is 246 g/mol. The number of hydrogen-bond donors (Lipinski definition) is 1. The van der Waals surface area contributed by atoms with Gasteiger partial charge in [0.1, 0.15) is 0 Å². The van der Waals surface area contributed by atoms with Crippen LogP contribution < -0.4 is 0 Å². The van der Waals surface area contributed by atoms with Crippen molar-refractivity contribution in [3.63, 3.8) is 0 Å². The Morgan fingerprint density at radius 1 is 1.53 bits per heavy atom. The zero-order chi connectivity index (χ0) is 13.7. The summed E-state index contributed by atoms with van der Waals surface area (Å²) in [5.74, 6) is 0.290. The highest BCUT2D eigenvalue weighted by Gasteiger charge is 2.23. The van der Waals surface area contributed by atoms with E-state index in [9.17, 15) is 4.79 Å². The van der Waals surface area contributed by atoms with E-state index in [4.69, 9.17) is 9.63 Å². The van der Waals surface area contributed by atoms with Gasteiger partial charge >= 0.3 is 5.97 Å². The summed E-state index contributed by atoms with van der Waals surface area (Å²) < 4.78 is 5.21. The summed E-state index contributed by atoms with van der Waals surface area (Å²) in [5, 5.41) is 12.5. The van der Waals surface area contributed by atoms with Crippen molar-refractivity contribution in [1.29, 1.82) is 0 Å². The molecule has 6 nitrogen and oxygen atoms in total. The van der Waals surface area contributed by atoms with Gasteiger partial charge in [0, 0.05) is 18.9 Å². The minimum absolute atomic E-state index is 0.0451. The molecule has 0 spiro atoms. The second kappa shape index (κ2) is 6.65. The molecule has 0 radical (unpaired) electrons. The number of nitrogens with zero attached hydrogens (tertiary/aromatic N) is 3. The van der Waals surface area contributed by atoms with Crippen LogP contribution in [-0.4, -0.2) is 45.2 Å². The molecule has 1 N–H and O–H groups in total. The number of carbonyl (C=O) groups is 1. The molecule has 0 amide bonds. The molecular formula is C13H21N3O3. The van der Waals surface area contributed by atoms with Crippen LogP contribution in [0.5, 0.6) is 0 Å². The van der Waals surface area contributed by atoms with Crippen LogP contribution in [0.15, 0.2) is 4.52 Å². The maximum atomic E-state index is 10.5. The molecule has 0 aromatic carbocycles. The maximum Gasteiger partial charge on any atom is 0.303 e. The Balaban J connectivity index is 1.89. The van der Waals surface area contributed by atoms with Gasteiger partial charge < -0.3 is 14.5 Å². The molecule has 1 unspecified atom stereocenters. The van der Waals surface area contributed by atoms with Crippen molar-refractivity contribution in [2.75, 3.05) is 13.1 Å². The number of rotatable bonds is 6. The highest BCUT2D eigenvalue weighted by atomic mass is 16.5. The second-order valence-corrected chi connectivity index (χ2v) is 4.98. The summed E-state index contributed by atoms with van der Waals surface area (Å²) in [6.07, 6.45) is 4.83. The quantitative estimate of drug-likeness (QED) is 0.841. The van der Waals surface area contributed by atoms with Crippen LogP contribution in [0.4, 0.5) is 0 Å². The second-order valence-electron chi connectivity index (χ2n) is 4.98. The number of likely N-dealkylation sites (tertiary alicyclic amines) is 1. The molecule has 19 heavy (non-hydrogen) atoms. The number of carboxylic acids is 1. The molecule has 2 rings (SSSR count). The van der Waals surface area contributed by atoms with Crippen LogP contribution in [-0.2, 0) is 17.6 Å². The van der Waals surface area contributed by atoms with Crippen molar-refractivity contribution in [3.05, 3.63) is 11.7 Å². The average Bonchev–Trinajstić information content (AvgIpc) is 2.85. The Kier molecular flexibility index (Phi) is 4.90. The number of hydrogen-bond acceptors (Lipinski definition) is 5. The maximum absolute atomic E-state index is 10.5. The van der Waals surface area contributed by atoms with E-state index in [2.05, 4.69) is 22.0 Å². The third kappa shape index (κ3) is 4.02. The number of likely N-dealkylation sites (N-methyl/N-ethyl adjacent to an activating group) is 1. The first-order valence-corrected chi connectivity index (χ1v) is 6.96. The smallest absolute Gasteiger partial charge is 0.303 e. The summed E-state index contributed by atoms with van der Waals surface area (Å²) >= 11 is 0. The Morgan fingerprint density at radius 3 is 3.11 bits per heavy atom. The fourth-order valence-electron chi connectivity index (χ4n) is 2.60. The SMILES string of the molecule is CCN1CCCCC1Cc1nc(CCC(=O)O)no1. The Morgan fingerprint density at radius 2 is 2.37 bits per heavy atom. The summed E-state index contributed by atoms with van der Waals surface area (Å²) in [4.78, 5) is 17.2. The van der Waals surface area contributed by atoms with Crippen molar-refractivity contribution in [3.8, 4) is 0 Å². The lowest BCUT2D eigenvalue weighted by molar-refractivity contribution is -0.137. The van der Waals surface area contributed by atoms with E-state index >= 15 is 0 Å². The lowest BCUT2D eigenvalue weighted by Gasteiger charge is -2.33. The Hall–Kier alpha value is -1.43. The van der Waals surface area contributed by atoms with Crippen LogP contribution >= 0.6 is 0 Å². The molecule has 0 aliphatic carbocycles. The van der Waals surface area contributed by atoms with Crippen LogP contribution in [0.2, 0.25) is 0 Å². The van der Waals surface area contributed by atoms with Gasteiger partial charge in [-0.05, 0) is 25.9 Å². The first-order chi connectivity index (χ1) is 9.19. The number of aromatic nitrogens is 2. The van der Waals surface area contributed by atoms with Crippen molar-refractivity contribution in [1.82, 2.24) is 15.0 Å². The molecule has 0 saturated carbocycles. The minimum Gasteiger partial charge on any atom is -0.481 e. The van der Waals surface area contributed by atoms with Crippen LogP contribution in [0, 0.1) is 0 Å². The lowest BCUT2D eigenvalue weighted by atomic mass is 9.99. The number of piperidine rings is 1. The molecule has 1 aromatic rings. The van der Waals surface area contributed by atoms with Crippen molar-refractivity contribution >= 4 is 5.97 Å². The van der Waals surface area contributed by atoms with E-state index < -0.39 is 5.97 Å². The summed E-state index contributed by atoms with van der Waals surface area (Å²) in [7, 11) is 0. The Bertz CT molecular complexity index is 419. The number of carboxylic acid groups (broad SMARTS) is 1. The Labute approximate surface area is 112 Å². The van der Waals surface area contributed by atoms with Crippen molar-refractivity contribution in [2.45, 2.75) is 51.5 Å². The fourth-order valence-corrected chi connectivity index (χ4v) is 2.60. The highest BCUT2D eigenvalue weighted by Crippen LogP contribution is 2.19. The fraction of sp³-hybridized carbons (Fsp3) is 0.769. The van der Waals surface area contributed by atoms with E-state index in [1.54, 1.807) is 0 Å². The molecule has 1 aromatic heterocycles. The van der Waals surface area contributed by atoms with E-state index in [0.29, 0.717) is 24.2 Å². The zero-order valence-electron chi connectivity index (χ0n) is 11.3. The summed E-state index contributed by atoms with van der Waals surface area (Å²) in [5.41, 5.74) is 0. The molecule has 1 atom stereocenters. The normalized spacial score (nSPS) is 20.6. The standard InChI is InChI=1S/C13H21N3O3/c1-2-16-8-4-3-5-10(16)9-12-14-11(15-19-12)6-7-13(17)18/h10H,2-9H2,1H3,(H,17,18). The monoisotopic (exact) mass is 267 g/mol. The molecule has 1 fully saturated rings. The van der Waals surface area contributed by atoms with Crippen LogP contribution in [0.25, 0.3) is 0 Å². The summed E-state index contributed by atoms with van der Waals surface area (Å²) in [6.45, 7) is 4.36. The van der Waals surface area contributed by atoms with Crippen molar-refractivity contribution < 1.29 is 14.4 Å². The van der Waals surface area contributed by atoms with Gasteiger partial charge in [-0.2, -0.15) is 4.98 Å². The largest absolute Gasteiger partial charge is 0.481 e. The first kappa shape index (κ1) is 14.0. The van der Waals surface area contributed by atoms with E-state index in [-0.39, 0.29) is 6.42 Å². The highest BCUT2D eigenvalue weighted by molar-refractivity contribution is 5.66. The topological polar surface area (TPSA) is 79.5 Å². The zero-order valence-corrected chi connectivity index (χ0v) is 11.3. The van der Waals surface area contributed by atoms with Crippen LogP contribution in [0.3, 0.4) is 0 Å². The lowest BCUT2D eigenvalue weighted by Crippen LogP contribution is -2.40. The molecule has 106 valence electrons. The number of aliphatic carboxylic acids is 1. The third-order valence-corrected chi connectivity index (χ3v) is 3.64. The van der Waals surface area contributed by atoms with Gasteiger partial charge in [0.25, 0.3) is 0 Å². The van der Waals surface area contributed by atoms with E-state index in [0.717, 1.165) is 19.5 Å². The predicted octanol–water partition coefficient (Wildman–Crippen LogP) is 1.50. The van der Waals surface area contributed by atoms with E-state index in [1.807, 2.05) is 0 Å². The van der Waals surface area contributed by atoms with Gasteiger partial charge in [0.2, 0.25) is 5.89 Å². The average molecular weight is 267 g/mol. The minimum atomic E-state index is -0.837. The van der Waals surface area contributed by atoms with Gasteiger partial charge in [-0.3, -0.25) is 4.79 Å². The van der Waals surface area contributed by atoms with Gasteiger partial charge in [-0.25, -0.2) is 0 Å². The van der Waals surface area contributed by atoms with Gasteiger partial charge in [0.15, 0.2) is 5.82 Å². The molecule has 6 heteroatoms. The van der Waals surface area contributed by atoms with Gasteiger partial charge in [-0.15, -0.1) is 0 Å². The molecule has 2 heterocycles. The molecule has 0 bridgehead atoms. The predicted molar refractivity (Wildman–Crippen MR) is 68.8 cm³/mol. The molecule has 1 saturated heterocycles. The van der Waals surface area contributed by atoms with Crippen molar-refractivity contribution in [2.24, 2.45) is 0 Å². The molecule has 1 aliphatic rings. The molecule has 1 aliphatic heterocycles. The van der Waals surface area contributed by atoms with E-state index in [1.165, 1.54) is 19.3 Å². The summed E-state index contributed by atoms with van der Waals surface area (Å²) in [6, 6.07) is 0.478. The van der Waals surface area contributed by atoms with Gasteiger partial charge in [0.05, 0.1) is 6.42 Å². The number of aryl methyl sites for hydroxylation is 1. The van der Waals surface area contributed by atoms with Crippen LogP contribution in [0.1, 0.15) is 44.3 Å².